The van der Waals surface area contributed by atoms with Crippen molar-refractivity contribution in [2.75, 3.05) is 24.3 Å². The standard InChI is InChI=1S/C19H24ClN3O4S2/c1-12(2)9-23-18(25)15-5-4-13(20)8-16(15)21-19(23)28-10-17(24)22(3)14-6-7-29(26,27)11-14/h4-5,8,12,14H,6-7,9-11H2,1-3H3/t14-/m0/s1. The lowest BCUT2D eigenvalue weighted by atomic mass is 10.2. The first kappa shape index (κ1) is 22.1. The molecule has 1 fully saturated rings. The zero-order chi connectivity index (χ0) is 21.3. The molecular weight excluding hydrogens is 434 g/mol. The Hall–Kier alpha value is -1.58. The number of hydrogen-bond acceptors (Lipinski definition) is 6. The first-order valence-corrected chi connectivity index (χ1v) is 12.5. The third-order valence-electron chi connectivity index (χ3n) is 4.90. The molecule has 1 atom stereocenters. The van der Waals surface area contributed by atoms with E-state index < -0.39 is 9.84 Å². The molecule has 29 heavy (non-hydrogen) atoms. The SMILES string of the molecule is CC(C)Cn1c(SCC(=O)N(C)[C@H]2CCS(=O)(=O)C2)nc2cc(Cl)ccc2c1=O. The highest BCUT2D eigenvalue weighted by Gasteiger charge is 2.32. The zero-order valence-electron chi connectivity index (χ0n) is 16.6. The summed E-state index contributed by atoms with van der Waals surface area (Å²) in [5.41, 5.74) is 0.332. The van der Waals surface area contributed by atoms with E-state index in [0.717, 1.165) is 0 Å². The van der Waals surface area contributed by atoms with Crippen LogP contribution in [0.4, 0.5) is 0 Å². The molecule has 0 bridgehead atoms. The minimum atomic E-state index is -3.07. The number of hydrogen-bond donors (Lipinski definition) is 0. The van der Waals surface area contributed by atoms with Crippen molar-refractivity contribution in [2.24, 2.45) is 5.92 Å². The molecule has 7 nitrogen and oxygen atoms in total. The van der Waals surface area contributed by atoms with Crippen molar-refractivity contribution >= 4 is 50.0 Å². The van der Waals surface area contributed by atoms with E-state index in [9.17, 15) is 18.0 Å². The second-order valence-corrected chi connectivity index (χ2v) is 11.3. The number of halogens is 1. The molecule has 0 spiro atoms. The summed E-state index contributed by atoms with van der Waals surface area (Å²) in [6.07, 6.45) is 0.458. The molecule has 0 radical (unpaired) electrons. The van der Waals surface area contributed by atoms with Gasteiger partial charge in [-0.2, -0.15) is 0 Å². The summed E-state index contributed by atoms with van der Waals surface area (Å²) in [5.74, 6) is 0.229. The van der Waals surface area contributed by atoms with Crippen LogP contribution in [0.5, 0.6) is 0 Å². The summed E-state index contributed by atoms with van der Waals surface area (Å²) in [4.78, 5) is 31.7. The first-order valence-electron chi connectivity index (χ1n) is 9.36. The van der Waals surface area contributed by atoms with E-state index in [-0.39, 0.29) is 40.7 Å². The minimum Gasteiger partial charge on any atom is -0.341 e. The molecule has 2 aromatic rings. The second-order valence-electron chi connectivity index (χ2n) is 7.72. The predicted octanol–water partition coefficient (Wildman–Crippen LogP) is 2.44. The van der Waals surface area contributed by atoms with Crippen molar-refractivity contribution in [3.63, 3.8) is 0 Å². The van der Waals surface area contributed by atoms with Crippen molar-refractivity contribution in [3.8, 4) is 0 Å². The maximum absolute atomic E-state index is 13.0. The van der Waals surface area contributed by atoms with Crippen LogP contribution >= 0.6 is 23.4 Å². The van der Waals surface area contributed by atoms with E-state index in [0.29, 0.717) is 34.0 Å². The Morgan fingerprint density at radius 3 is 2.76 bits per heavy atom. The van der Waals surface area contributed by atoms with E-state index in [4.69, 9.17) is 11.6 Å². The molecule has 10 heteroatoms. The summed E-state index contributed by atoms with van der Waals surface area (Å²) in [6, 6.07) is 4.67. The Morgan fingerprint density at radius 2 is 2.14 bits per heavy atom. The molecule has 0 aliphatic carbocycles. The Balaban J connectivity index is 1.84. The molecule has 3 rings (SSSR count). The van der Waals surface area contributed by atoms with Gasteiger partial charge in [-0.15, -0.1) is 0 Å². The van der Waals surface area contributed by atoms with Gasteiger partial charge in [0.25, 0.3) is 5.56 Å². The molecule has 0 unspecified atom stereocenters. The molecular formula is C19H24ClN3O4S2. The highest BCUT2D eigenvalue weighted by Crippen LogP contribution is 2.23. The number of nitrogens with zero attached hydrogens (tertiary/aromatic N) is 3. The maximum Gasteiger partial charge on any atom is 0.262 e. The van der Waals surface area contributed by atoms with Gasteiger partial charge in [-0.05, 0) is 30.5 Å². The lowest BCUT2D eigenvalue weighted by Crippen LogP contribution is -2.39. The smallest absolute Gasteiger partial charge is 0.262 e. The molecule has 2 heterocycles. The van der Waals surface area contributed by atoms with Crippen LogP contribution in [0.15, 0.2) is 28.2 Å². The summed E-state index contributed by atoms with van der Waals surface area (Å²) < 4.78 is 25.0. The van der Waals surface area contributed by atoms with Crippen LogP contribution in [0.3, 0.4) is 0 Å². The highest BCUT2D eigenvalue weighted by atomic mass is 35.5. The van der Waals surface area contributed by atoms with E-state index in [2.05, 4.69) is 4.98 Å². The van der Waals surface area contributed by atoms with Gasteiger partial charge in [0.1, 0.15) is 0 Å². The van der Waals surface area contributed by atoms with Gasteiger partial charge in [-0.3, -0.25) is 14.2 Å². The molecule has 1 aromatic heterocycles. The van der Waals surface area contributed by atoms with Crippen molar-refractivity contribution in [3.05, 3.63) is 33.6 Å². The van der Waals surface area contributed by atoms with E-state index in [1.54, 1.807) is 29.8 Å². The van der Waals surface area contributed by atoms with Crippen molar-refractivity contribution in [2.45, 2.75) is 38.0 Å². The van der Waals surface area contributed by atoms with Crippen LogP contribution in [0, 0.1) is 5.92 Å². The third-order valence-corrected chi connectivity index (χ3v) is 7.85. The van der Waals surface area contributed by atoms with E-state index in [1.165, 1.54) is 16.7 Å². The molecule has 1 amide bonds. The number of benzene rings is 1. The average molecular weight is 458 g/mol. The lowest BCUT2D eigenvalue weighted by Gasteiger charge is -2.23. The van der Waals surface area contributed by atoms with E-state index in [1.807, 2.05) is 13.8 Å². The van der Waals surface area contributed by atoms with Gasteiger partial charge in [0.05, 0.1) is 28.2 Å². The monoisotopic (exact) mass is 457 g/mol. The number of carbonyl (C=O) groups is 1. The predicted molar refractivity (Wildman–Crippen MR) is 116 cm³/mol. The fourth-order valence-corrected chi connectivity index (χ4v) is 6.20. The van der Waals surface area contributed by atoms with Gasteiger partial charge in [-0.25, -0.2) is 13.4 Å². The molecule has 1 aliphatic heterocycles. The fraction of sp³-hybridized carbons (Fsp3) is 0.526. The van der Waals surface area contributed by atoms with Gasteiger partial charge in [-0.1, -0.05) is 37.2 Å². The summed E-state index contributed by atoms with van der Waals surface area (Å²) in [7, 11) is -1.44. The number of rotatable bonds is 6. The average Bonchev–Trinajstić information content (AvgIpc) is 3.01. The topological polar surface area (TPSA) is 89.3 Å². The fourth-order valence-electron chi connectivity index (χ4n) is 3.32. The van der Waals surface area contributed by atoms with Gasteiger partial charge in [0.2, 0.25) is 5.91 Å². The van der Waals surface area contributed by atoms with Crippen LogP contribution in [0.2, 0.25) is 5.02 Å². The van der Waals surface area contributed by atoms with Crippen LogP contribution < -0.4 is 5.56 Å². The Bertz CT molecular complexity index is 1100. The van der Waals surface area contributed by atoms with Crippen LogP contribution in [0.25, 0.3) is 10.9 Å². The normalized spacial score (nSPS) is 18.4. The number of sulfone groups is 1. The summed E-state index contributed by atoms with van der Waals surface area (Å²) in [5, 5.41) is 1.43. The molecule has 0 N–H and O–H groups in total. The maximum atomic E-state index is 13.0. The number of fused-ring (bicyclic) bond motifs is 1. The van der Waals surface area contributed by atoms with Crippen LogP contribution in [0.1, 0.15) is 20.3 Å². The molecule has 1 aromatic carbocycles. The molecule has 1 aliphatic rings. The molecule has 158 valence electrons. The largest absolute Gasteiger partial charge is 0.341 e. The zero-order valence-corrected chi connectivity index (χ0v) is 19.0. The number of aromatic nitrogens is 2. The minimum absolute atomic E-state index is 0.00465. The van der Waals surface area contributed by atoms with Gasteiger partial charge >= 0.3 is 0 Å². The Kier molecular flexibility index (Phi) is 6.60. The number of carbonyl (C=O) groups excluding carboxylic acids is 1. The Labute approximate surface area is 179 Å². The second kappa shape index (κ2) is 8.65. The summed E-state index contributed by atoms with van der Waals surface area (Å²) >= 11 is 7.23. The van der Waals surface area contributed by atoms with Gasteiger partial charge in [0, 0.05) is 24.7 Å². The van der Waals surface area contributed by atoms with Crippen molar-refractivity contribution in [1.82, 2.24) is 14.5 Å². The Morgan fingerprint density at radius 1 is 1.41 bits per heavy atom. The van der Waals surface area contributed by atoms with Crippen molar-refractivity contribution in [1.29, 1.82) is 0 Å². The van der Waals surface area contributed by atoms with Crippen LogP contribution in [-0.2, 0) is 21.2 Å². The summed E-state index contributed by atoms with van der Waals surface area (Å²) in [6.45, 7) is 4.50. The van der Waals surface area contributed by atoms with Gasteiger partial charge in [0.15, 0.2) is 15.0 Å². The molecule has 0 saturated carbocycles. The number of thioether (sulfide) groups is 1. The molecule has 1 saturated heterocycles. The van der Waals surface area contributed by atoms with Crippen LogP contribution in [-0.4, -0.2) is 59.1 Å². The van der Waals surface area contributed by atoms with Crippen molar-refractivity contribution < 1.29 is 13.2 Å². The first-order chi connectivity index (χ1) is 13.6. The third kappa shape index (κ3) is 5.13. The van der Waals surface area contributed by atoms with E-state index >= 15 is 0 Å². The van der Waals surface area contributed by atoms with Gasteiger partial charge < -0.3 is 4.90 Å². The quantitative estimate of drug-likeness (QED) is 0.489. The highest BCUT2D eigenvalue weighted by molar-refractivity contribution is 7.99. The lowest BCUT2D eigenvalue weighted by molar-refractivity contribution is -0.128. The number of amides is 1.